The molecular weight excluding hydrogens is 380 g/mol. The Hall–Kier alpha value is -1.46. The number of ketones is 1. The van der Waals surface area contributed by atoms with Gasteiger partial charge in [-0.3, -0.25) is 9.59 Å². The molecule has 0 N–H and O–H groups in total. The van der Waals surface area contributed by atoms with Crippen LogP contribution in [0.5, 0.6) is 0 Å². The zero-order valence-electron chi connectivity index (χ0n) is 19.2. The highest BCUT2D eigenvalue weighted by Gasteiger charge is 2.36. The van der Waals surface area contributed by atoms with E-state index < -0.39 is 5.79 Å². The molecule has 1 saturated heterocycles. The SMILES string of the molecule is CCCCCC1(CCC2=C(CC=CCCCC(=O)OC(C)C)C(=O)CC2)OCCO1. The van der Waals surface area contributed by atoms with Gasteiger partial charge in [0.05, 0.1) is 19.3 Å². The van der Waals surface area contributed by atoms with Crippen LogP contribution < -0.4 is 0 Å². The van der Waals surface area contributed by atoms with Crippen LogP contribution >= 0.6 is 0 Å². The fraction of sp³-hybridized carbons (Fsp3) is 0.760. The molecule has 0 aromatic rings. The monoisotopic (exact) mass is 420 g/mol. The van der Waals surface area contributed by atoms with Crippen LogP contribution in [0.4, 0.5) is 0 Å². The molecule has 170 valence electrons. The number of ether oxygens (including phenoxy) is 3. The van der Waals surface area contributed by atoms with Crippen LogP contribution in [0.3, 0.4) is 0 Å². The predicted octanol–water partition coefficient (Wildman–Crippen LogP) is 5.82. The van der Waals surface area contributed by atoms with Crippen LogP contribution in [0.2, 0.25) is 0 Å². The molecule has 1 aliphatic carbocycles. The van der Waals surface area contributed by atoms with Gasteiger partial charge in [0.15, 0.2) is 11.6 Å². The lowest BCUT2D eigenvalue weighted by atomic mass is 9.96. The minimum absolute atomic E-state index is 0.0578. The quantitative estimate of drug-likeness (QED) is 0.201. The molecule has 0 atom stereocenters. The van der Waals surface area contributed by atoms with E-state index in [1.807, 2.05) is 13.8 Å². The first kappa shape index (κ1) is 24.8. The van der Waals surface area contributed by atoms with Gasteiger partial charge in [-0.25, -0.2) is 0 Å². The maximum absolute atomic E-state index is 12.4. The number of allylic oxidation sites excluding steroid dienone is 4. The minimum atomic E-state index is -0.445. The molecule has 1 fully saturated rings. The third-order valence-corrected chi connectivity index (χ3v) is 5.81. The average Bonchev–Trinajstić information content (AvgIpc) is 3.30. The minimum Gasteiger partial charge on any atom is -0.463 e. The zero-order chi connectivity index (χ0) is 21.8. The molecule has 0 radical (unpaired) electrons. The Balaban J connectivity index is 1.80. The van der Waals surface area contributed by atoms with Gasteiger partial charge in [-0.1, -0.05) is 37.5 Å². The fourth-order valence-electron chi connectivity index (χ4n) is 4.20. The second-order valence-corrected chi connectivity index (χ2v) is 8.68. The van der Waals surface area contributed by atoms with Gasteiger partial charge in [0.25, 0.3) is 0 Å². The first-order chi connectivity index (χ1) is 14.5. The van der Waals surface area contributed by atoms with Crippen molar-refractivity contribution in [2.45, 2.75) is 110 Å². The lowest BCUT2D eigenvalue weighted by Crippen LogP contribution is -2.30. The van der Waals surface area contributed by atoms with E-state index in [4.69, 9.17) is 14.2 Å². The van der Waals surface area contributed by atoms with Crippen molar-refractivity contribution in [3.63, 3.8) is 0 Å². The molecule has 0 amide bonds. The first-order valence-electron chi connectivity index (χ1n) is 11.8. The summed E-state index contributed by atoms with van der Waals surface area (Å²) < 4.78 is 17.1. The second kappa shape index (κ2) is 13.1. The lowest BCUT2D eigenvalue weighted by molar-refractivity contribution is -0.167. The van der Waals surface area contributed by atoms with E-state index in [1.165, 1.54) is 18.4 Å². The third kappa shape index (κ3) is 8.35. The number of esters is 1. The largest absolute Gasteiger partial charge is 0.463 e. The summed E-state index contributed by atoms with van der Waals surface area (Å²) in [6, 6.07) is 0. The van der Waals surface area contributed by atoms with Gasteiger partial charge in [-0.2, -0.15) is 0 Å². The summed E-state index contributed by atoms with van der Waals surface area (Å²) in [5.74, 6) is -0.304. The van der Waals surface area contributed by atoms with Crippen LogP contribution in [0.1, 0.15) is 97.8 Å². The first-order valence-corrected chi connectivity index (χ1v) is 11.8. The molecule has 0 unspecified atom stereocenters. The van der Waals surface area contributed by atoms with E-state index >= 15 is 0 Å². The number of hydrogen-bond acceptors (Lipinski definition) is 5. The average molecular weight is 421 g/mol. The number of rotatable bonds is 14. The molecule has 2 rings (SSSR count). The molecule has 30 heavy (non-hydrogen) atoms. The number of unbranched alkanes of at least 4 members (excludes halogenated alkanes) is 3. The smallest absolute Gasteiger partial charge is 0.306 e. The molecule has 2 aliphatic rings. The van der Waals surface area contributed by atoms with E-state index in [2.05, 4.69) is 19.1 Å². The van der Waals surface area contributed by atoms with Gasteiger partial charge in [0, 0.05) is 25.7 Å². The molecular formula is C25H40O5. The number of hydrogen-bond donors (Lipinski definition) is 0. The van der Waals surface area contributed by atoms with Crippen molar-refractivity contribution in [1.29, 1.82) is 0 Å². The maximum atomic E-state index is 12.4. The molecule has 0 saturated carbocycles. The van der Waals surface area contributed by atoms with E-state index in [-0.39, 0.29) is 17.9 Å². The summed E-state index contributed by atoms with van der Waals surface area (Å²) >= 11 is 0. The summed E-state index contributed by atoms with van der Waals surface area (Å²) in [5, 5.41) is 0. The number of Topliss-reactive ketones (excluding diaryl/α,β-unsaturated/α-hetero) is 1. The van der Waals surface area contributed by atoms with Gasteiger partial charge in [0.1, 0.15) is 0 Å². The summed E-state index contributed by atoms with van der Waals surface area (Å²) in [6.45, 7) is 7.27. The predicted molar refractivity (Wildman–Crippen MR) is 118 cm³/mol. The molecule has 1 heterocycles. The van der Waals surface area contributed by atoms with E-state index in [1.54, 1.807) is 0 Å². The van der Waals surface area contributed by atoms with Crippen molar-refractivity contribution in [3.05, 3.63) is 23.3 Å². The normalized spacial score (nSPS) is 18.9. The van der Waals surface area contributed by atoms with Crippen molar-refractivity contribution in [2.75, 3.05) is 13.2 Å². The van der Waals surface area contributed by atoms with Gasteiger partial charge >= 0.3 is 5.97 Å². The van der Waals surface area contributed by atoms with Crippen molar-refractivity contribution in [1.82, 2.24) is 0 Å². The lowest BCUT2D eigenvalue weighted by Gasteiger charge is -2.28. The number of carbonyl (C=O) groups is 2. The van der Waals surface area contributed by atoms with Crippen molar-refractivity contribution < 1.29 is 23.8 Å². The van der Waals surface area contributed by atoms with Crippen molar-refractivity contribution >= 4 is 11.8 Å². The molecule has 0 aromatic carbocycles. The van der Waals surface area contributed by atoms with Crippen LogP contribution in [0, 0.1) is 0 Å². The Morgan fingerprint density at radius 3 is 2.57 bits per heavy atom. The molecule has 0 bridgehead atoms. The maximum Gasteiger partial charge on any atom is 0.306 e. The van der Waals surface area contributed by atoms with Gasteiger partial charge in [0.2, 0.25) is 0 Å². The van der Waals surface area contributed by atoms with Crippen LogP contribution in [0.15, 0.2) is 23.3 Å². The second-order valence-electron chi connectivity index (χ2n) is 8.68. The van der Waals surface area contributed by atoms with Gasteiger partial charge in [-0.15, -0.1) is 0 Å². The summed E-state index contributed by atoms with van der Waals surface area (Å²) in [5.41, 5.74) is 2.26. The molecule has 5 nitrogen and oxygen atoms in total. The Labute approximate surface area is 182 Å². The third-order valence-electron chi connectivity index (χ3n) is 5.81. The Kier molecular flexibility index (Phi) is 10.8. The Bertz CT molecular complexity index is 611. The highest BCUT2D eigenvalue weighted by atomic mass is 16.7. The molecule has 0 spiro atoms. The highest BCUT2D eigenvalue weighted by molar-refractivity contribution is 5.98. The Morgan fingerprint density at radius 2 is 1.87 bits per heavy atom. The van der Waals surface area contributed by atoms with Crippen LogP contribution in [0.25, 0.3) is 0 Å². The van der Waals surface area contributed by atoms with E-state index in [0.29, 0.717) is 32.5 Å². The fourth-order valence-corrected chi connectivity index (χ4v) is 4.20. The summed E-state index contributed by atoms with van der Waals surface area (Å²) in [7, 11) is 0. The van der Waals surface area contributed by atoms with Gasteiger partial charge < -0.3 is 14.2 Å². The van der Waals surface area contributed by atoms with Crippen molar-refractivity contribution in [3.8, 4) is 0 Å². The van der Waals surface area contributed by atoms with Crippen LogP contribution in [-0.4, -0.2) is 36.9 Å². The topological polar surface area (TPSA) is 61.8 Å². The number of carbonyl (C=O) groups excluding carboxylic acids is 2. The zero-order valence-corrected chi connectivity index (χ0v) is 19.2. The van der Waals surface area contributed by atoms with E-state index in [9.17, 15) is 9.59 Å². The molecule has 0 aromatic heterocycles. The molecule has 1 aliphatic heterocycles. The van der Waals surface area contributed by atoms with E-state index in [0.717, 1.165) is 50.5 Å². The van der Waals surface area contributed by atoms with Crippen molar-refractivity contribution in [2.24, 2.45) is 0 Å². The van der Waals surface area contributed by atoms with Gasteiger partial charge in [-0.05, 0) is 57.9 Å². The van der Waals surface area contributed by atoms with Crippen LogP contribution in [-0.2, 0) is 23.8 Å². The standard InChI is InChI=1S/C25H40O5/c1-4-5-10-16-25(28-18-19-29-25)17-15-21-13-14-23(26)22(21)11-8-6-7-9-12-24(27)30-20(2)3/h6,8,20H,4-5,7,9-19H2,1-3H3. The Morgan fingerprint density at radius 1 is 1.10 bits per heavy atom. The summed E-state index contributed by atoms with van der Waals surface area (Å²) in [6.07, 6.45) is 14.5. The summed E-state index contributed by atoms with van der Waals surface area (Å²) in [4.78, 5) is 23.9. The molecule has 5 heteroatoms. The highest BCUT2D eigenvalue weighted by Crippen LogP contribution is 2.36.